The van der Waals surface area contributed by atoms with Gasteiger partial charge in [0.25, 0.3) is 5.91 Å². The molecule has 1 aliphatic heterocycles. The van der Waals surface area contributed by atoms with Crippen LogP contribution in [-0.4, -0.2) is 74.8 Å². The first-order chi connectivity index (χ1) is 15.8. The quantitative estimate of drug-likeness (QED) is 0.218. The van der Waals surface area contributed by atoms with Gasteiger partial charge in [-0.05, 0) is 24.8 Å². The van der Waals surface area contributed by atoms with Crippen LogP contribution >= 0.6 is 0 Å². The van der Waals surface area contributed by atoms with Gasteiger partial charge >= 0.3 is 6.18 Å². The van der Waals surface area contributed by atoms with Crippen molar-refractivity contribution in [1.82, 2.24) is 9.88 Å². The van der Waals surface area contributed by atoms with Crippen molar-refractivity contribution in [3.05, 3.63) is 24.0 Å². The number of amides is 1. The molecular formula is C22H31F3N2O6. The first-order valence-electron chi connectivity index (χ1n) is 10.9. The number of hydrogen-bond donors (Lipinski definition) is 0. The summed E-state index contributed by atoms with van der Waals surface area (Å²) in [6.45, 7) is 0.0321. The Morgan fingerprint density at radius 3 is 2.61 bits per heavy atom. The largest absolute Gasteiger partial charge is 0.493 e. The van der Waals surface area contributed by atoms with E-state index in [0.717, 1.165) is 12.3 Å². The van der Waals surface area contributed by atoms with E-state index < -0.39 is 30.1 Å². The predicted octanol–water partition coefficient (Wildman–Crippen LogP) is 3.29. The SMILES string of the molecule is COCOCN1C(=O)[C@](Cc2cc(OCCC3CC3)ccn2)(OCOC)[C@@H]1CCC(F)(F)F. The number of carbonyl (C=O) groups is 1. The molecule has 0 spiro atoms. The van der Waals surface area contributed by atoms with E-state index in [0.29, 0.717) is 18.1 Å². The Morgan fingerprint density at radius 1 is 1.18 bits per heavy atom. The first-order valence-corrected chi connectivity index (χ1v) is 10.9. The number of nitrogens with zero attached hydrogens (tertiary/aromatic N) is 2. The highest BCUT2D eigenvalue weighted by Crippen LogP contribution is 2.42. The summed E-state index contributed by atoms with van der Waals surface area (Å²) in [6.07, 6.45) is -0.802. The van der Waals surface area contributed by atoms with Gasteiger partial charge < -0.3 is 28.6 Å². The Hall–Kier alpha value is -1.95. The number of aromatic nitrogens is 1. The molecule has 3 rings (SSSR count). The minimum atomic E-state index is -4.38. The van der Waals surface area contributed by atoms with Crippen molar-refractivity contribution >= 4 is 5.91 Å². The normalized spacial score (nSPS) is 23.0. The minimum absolute atomic E-state index is 0.0156. The standard InChI is InChI=1S/C22H31F3N2O6/c1-29-14-31-13-27-19(5-8-22(23,24)25)21(20(27)28,33-15-30-2)12-17-11-18(6-9-26-17)32-10-7-16-3-4-16/h6,9,11,16,19H,3-5,7-8,10,12-15H2,1-2H3/t19-,21+/m0/s1. The molecule has 1 aromatic rings. The van der Waals surface area contributed by atoms with Gasteiger partial charge in [0, 0.05) is 45.0 Å². The summed E-state index contributed by atoms with van der Waals surface area (Å²) in [4.78, 5) is 18.7. The van der Waals surface area contributed by atoms with Crippen LogP contribution in [0.1, 0.15) is 37.8 Å². The number of rotatable bonds is 15. The molecule has 2 heterocycles. The molecule has 2 atom stereocenters. The molecule has 1 amide bonds. The van der Waals surface area contributed by atoms with E-state index in [9.17, 15) is 18.0 Å². The Bertz CT molecular complexity index is 777. The monoisotopic (exact) mass is 476 g/mol. The van der Waals surface area contributed by atoms with Crippen LogP contribution in [0.25, 0.3) is 0 Å². The fourth-order valence-corrected chi connectivity index (χ4v) is 4.00. The van der Waals surface area contributed by atoms with E-state index in [4.69, 9.17) is 23.7 Å². The lowest BCUT2D eigenvalue weighted by molar-refractivity contribution is -0.242. The zero-order valence-electron chi connectivity index (χ0n) is 18.9. The third-order valence-corrected chi connectivity index (χ3v) is 5.83. The minimum Gasteiger partial charge on any atom is -0.493 e. The summed E-state index contributed by atoms with van der Waals surface area (Å²) >= 11 is 0. The Kier molecular flexibility index (Phi) is 8.91. The summed E-state index contributed by atoms with van der Waals surface area (Å²) < 4.78 is 65.6. The number of hydrogen-bond acceptors (Lipinski definition) is 7. The molecule has 0 radical (unpaired) electrons. The summed E-state index contributed by atoms with van der Waals surface area (Å²) in [7, 11) is 2.80. The van der Waals surface area contributed by atoms with Crippen molar-refractivity contribution in [2.45, 2.75) is 56.3 Å². The lowest BCUT2D eigenvalue weighted by atomic mass is 9.76. The zero-order valence-corrected chi connectivity index (χ0v) is 18.9. The number of carbonyl (C=O) groups excluding carboxylic acids is 1. The van der Waals surface area contributed by atoms with Gasteiger partial charge in [-0.1, -0.05) is 12.8 Å². The highest BCUT2D eigenvalue weighted by molar-refractivity contribution is 5.93. The molecule has 0 bridgehead atoms. The van der Waals surface area contributed by atoms with E-state index in [2.05, 4.69) is 4.98 Å². The fourth-order valence-electron chi connectivity index (χ4n) is 4.00. The van der Waals surface area contributed by atoms with Gasteiger partial charge in [-0.25, -0.2) is 0 Å². The molecule has 1 saturated heterocycles. The van der Waals surface area contributed by atoms with Crippen LogP contribution in [0.3, 0.4) is 0 Å². The zero-order chi connectivity index (χ0) is 23.9. The number of halogens is 3. The molecule has 186 valence electrons. The van der Waals surface area contributed by atoms with Crippen LogP contribution < -0.4 is 4.74 Å². The van der Waals surface area contributed by atoms with Gasteiger partial charge in [0.05, 0.1) is 12.6 Å². The van der Waals surface area contributed by atoms with Gasteiger partial charge in [0.2, 0.25) is 0 Å². The van der Waals surface area contributed by atoms with Crippen LogP contribution in [0.5, 0.6) is 5.75 Å². The smallest absolute Gasteiger partial charge is 0.389 e. The second-order valence-electron chi connectivity index (χ2n) is 8.36. The summed E-state index contributed by atoms with van der Waals surface area (Å²) in [6, 6.07) is 2.54. The molecule has 1 saturated carbocycles. The van der Waals surface area contributed by atoms with Crippen molar-refractivity contribution < 1.29 is 41.7 Å². The van der Waals surface area contributed by atoms with E-state index in [1.54, 1.807) is 18.3 Å². The van der Waals surface area contributed by atoms with Crippen LogP contribution in [0.4, 0.5) is 13.2 Å². The molecule has 33 heavy (non-hydrogen) atoms. The number of alkyl halides is 3. The van der Waals surface area contributed by atoms with Gasteiger partial charge in [0.1, 0.15) is 26.1 Å². The molecule has 11 heteroatoms. The molecule has 2 aliphatic rings. The number of likely N-dealkylation sites (tertiary alicyclic amines) is 1. The molecule has 0 N–H and O–H groups in total. The average Bonchev–Trinajstić information content (AvgIpc) is 3.59. The number of ether oxygens (including phenoxy) is 5. The average molecular weight is 476 g/mol. The summed E-state index contributed by atoms with van der Waals surface area (Å²) in [5, 5.41) is 0. The maximum Gasteiger partial charge on any atom is 0.389 e. The Labute approximate surface area is 191 Å². The van der Waals surface area contributed by atoms with E-state index >= 15 is 0 Å². The number of β-lactam (4-membered cyclic amide) rings is 1. The second kappa shape index (κ2) is 11.5. The van der Waals surface area contributed by atoms with E-state index in [1.807, 2.05) is 0 Å². The van der Waals surface area contributed by atoms with Crippen molar-refractivity contribution in [2.75, 3.05) is 41.1 Å². The molecule has 0 unspecified atom stereocenters. The summed E-state index contributed by atoms with van der Waals surface area (Å²) in [5.74, 6) is 0.844. The van der Waals surface area contributed by atoms with E-state index in [-0.39, 0.29) is 33.2 Å². The van der Waals surface area contributed by atoms with Crippen LogP contribution in [0.15, 0.2) is 18.3 Å². The molecule has 2 fully saturated rings. The molecule has 1 aliphatic carbocycles. The maximum absolute atomic E-state index is 13.1. The fraction of sp³-hybridized carbons (Fsp3) is 0.727. The third-order valence-electron chi connectivity index (χ3n) is 5.83. The highest BCUT2D eigenvalue weighted by atomic mass is 19.4. The second-order valence-corrected chi connectivity index (χ2v) is 8.36. The molecule has 0 aromatic carbocycles. The lowest BCUT2D eigenvalue weighted by Crippen LogP contribution is -2.76. The van der Waals surface area contributed by atoms with E-state index in [1.165, 1.54) is 32.0 Å². The van der Waals surface area contributed by atoms with Crippen molar-refractivity contribution in [1.29, 1.82) is 0 Å². The summed E-state index contributed by atoms with van der Waals surface area (Å²) in [5.41, 5.74) is -1.06. The Morgan fingerprint density at radius 2 is 1.94 bits per heavy atom. The van der Waals surface area contributed by atoms with Crippen molar-refractivity contribution in [3.8, 4) is 5.75 Å². The predicted molar refractivity (Wildman–Crippen MR) is 110 cm³/mol. The highest BCUT2D eigenvalue weighted by Gasteiger charge is 2.62. The van der Waals surface area contributed by atoms with Crippen LogP contribution in [0.2, 0.25) is 0 Å². The Balaban J connectivity index is 1.76. The molecule has 8 nitrogen and oxygen atoms in total. The topological polar surface area (TPSA) is 79.4 Å². The van der Waals surface area contributed by atoms with Crippen LogP contribution in [-0.2, 0) is 30.2 Å². The maximum atomic E-state index is 13.1. The molecule has 1 aromatic heterocycles. The number of pyridine rings is 1. The van der Waals surface area contributed by atoms with Gasteiger partial charge in [0.15, 0.2) is 5.60 Å². The third kappa shape index (κ3) is 7.02. The lowest BCUT2D eigenvalue weighted by Gasteiger charge is -2.55. The van der Waals surface area contributed by atoms with Crippen molar-refractivity contribution in [2.24, 2.45) is 5.92 Å². The van der Waals surface area contributed by atoms with Crippen LogP contribution in [0, 0.1) is 5.92 Å². The number of methoxy groups -OCH3 is 2. The first kappa shape index (κ1) is 25.7. The molecular weight excluding hydrogens is 445 g/mol. The van der Waals surface area contributed by atoms with Gasteiger partial charge in [-0.2, -0.15) is 13.2 Å². The van der Waals surface area contributed by atoms with Gasteiger partial charge in [-0.15, -0.1) is 0 Å². The van der Waals surface area contributed by atoms with Gasteiger partial charge in [-0.3, -0.25) is 9.78 Å². The van der Waals surface area contributed by atoms with Crippen molar-refractivity contribution in [3.63, 3.8) is 0 Å².